The van der Waals surface area contributed by atoms with E-state index in [4.69, 9.17) is 15.2 Å². The molecule has 0 amide bonds. The molecule has 0 saturated carbocycles. The molecule has 1 rings (SSSR count). The molecule has 0 radical (unpaired) electrons. The van der Waals surface area contributed by atoms with E-state index in [9.17, 15) is 0 Å². The third-order valence-electron chi connectivity index (χ3n) is 2.33. The van der Waals surface area contributed by atoms with Gasteiger partial charge in [0.2, 0.25) is 11.9 Å². The average molecular weight is 255 g/mol. The lowest BCUT2D eigenvalue weighted by atomic mass is 10.5. The van der Waals surface area contributed by atoms with Gasteiger partial charge < -0.3 is 20.1 Å². The van der Waals surface area contributed by atoms with Crippen LogP contribution in [0.5, 0.6) is 6.01 Å². The minimum atomic E-state index is 0.165. The highest BCUT2D eigenvalue weighted by molar-refractivity contribution is 5.35. The molecular formula is C11H21N5O2. The highest BCUT2D eigenvalue weighted by Crippen LogP contribution is 2.12. The quantitative estimate of drug-likeness (QED) is 0.685. The number of nitrogens with two attached hydrogens (primary N) is 1. The van der Waals surface area contributed by atoms with Gasteiger partial charge in [-0.2, -0.15) is 15.0 Å². The van der Waals surface area contributed by atoms with Crippen molar-refractivity contribution in [1.82, 2.24) is 15.0 Å². The Balaban J connectivity index is 2.68. The van der Waals surface area contributed by atoms with E-state index < -0.39 is 0 Å². The maximum Gasteiger partial charge on any atom is 0.323 e. The van der Waals surface area contributed by atoms with Gasteiger partial charge in [-0.1, -0.05) is 0 Å². The Morgan fingerprint density at radius 2 is 1.78 bits per heavy atom. The van der Waals surface area contributed by atoms with Crippen molar-refractivity contribution in [1.29, 1.82) is 0 Å². The Hall–Kier alpha value is -1.63. The van der Waals surface area contributed by atoms with Gasteiger partial charge in [-0.25, -0.2) is 0 Å². The molecule has 7 nitrogen and oxygen atoms in total. The van der Waals surface area contributed by atoms with Crippen LogP contribution in [-0.4, -0.2) is 47.9 Å². The highest BCUT2D eigenvalue weighted by Gasteiger charge is 2.10. The summed E-state index contributed by atoms with van der Waals surface area (Å²) >= 11 is 0. The van der Waals surface area contributed by atoms with Gasteiger partial charge in [-0.15, -0.1) is 0 Å². The van der Waals surface area contributed by atoms with Crippen molar-refractivity contribution in [2.75, 3.05) is 43.5 Å². The fraction of sp³-hybridized carbons (Fsp3) is 0.727. The van der Waals surface area contributed by atoms with Gasteiger partial charge in [0.05, 0.1) is 6.61 Å². The van der Waals surface area contributed by atoms with Gasteiger partial charge in [0.1, 0.15) is 6.61 Å². The van der Waals surface area contributed by atoms with Gasteiger partial charge >= 0.3 is 6.01 Å². The molecule has 0 aliphatic heterocycles. The molecule has 18 heavy (non-hydrogen) atoms. The first-order valence-electron chi connectivity index (χ1n) is 6.18. The smallest absolute Gasteiger partial charge is 0.323 e. The lowest BCUT2D eigenvalue weighted by molar-refractivity contribution is 0.106. The monoisotopic (exact) mass is 255 g/mol. The van der Waals surface area contributed by atoms with Crippen LogP contribution >= 0.6 is 0 Å². The minimum absolute atomic E-state index is 0.165. The van der Waals surface area contributed by atoms with E-state index in [1.165, 1.54) is 0 Å². The van der Waals surface area contributed by atoms with Crippen LogP contribution in [0.15, 0.2) is 0 Å². The number of ether oxygens (including phenoxy) is 2. The van der Waals surface area contributed by atoms with Crippen LogP contribution in [0.1, 0.15) is 20.8 Å². The third-order valence-corrected chi connectivity index (χ3v) is 2.33. The molecule has 0 fully saturated rings. The second-order valence-corrected chi connectivity index (χ2v) is 3.49. The number of nitrogens with zero attached hydrogens (tertiary/aromatic N) is 4. The summed E-state index contributed by atoms with van der Waals surface area (Å²) in [5.74, 6) is 0.706. The van der Waals surface area contributed by atoms with Crippen LogP contribution in [0, 0.1) is 0 Å². The van der Waals surface area contributed by atoms with E-state index in [2.05, 4.69) is 15.0 Å². The molecule has 0 aliphatic rings. The van der Waals surface area contributed by atoms with Crippen molar-refractivity contribution >= 4 is 11.9 Å². The maximum atomic E-state index is 5.64. The predicted octanol–water partition coefficient (Wildman–Crippen LogP) is 0.715. The van der Waals surface area contributed by atoms with Crippen molar-refractivity contribution in [3.05, 3.63) is 0 Å². The SMILES string of the molecule is CCOCCOc1nc(N)nc(N(CC)CC)n1. The van der Waals surface area contributed by atoms with E-state index in [1.54, 1.807) is 0 Å². The summed E-state index contributed by atoms with van der Waals surface area (Å²) in [6.45, 7) is 9.15. The van der Waals surface area contributed by atoms with Crippen LogP contribution in [0.25, 0.3) is 0 Å². The van der Waals surface area contributed by atoms with E-state index in [-0.39, 0.29) is 12.0 Å². The zero-order valence-corrected chi connectivity index (χ0v) is 11.2. The third kappa shape index (κ3) is 4.33. The first-order chi connectivity index (χ1) is 8.71. The second kappa shape index (κ2) is 7.65. The number of nitrogen functional groups attached to an aromatic ring is 1. The zero-order chi connectivity index (χ0) is 13.4. The fourth-order valence-corrected chi connectivity index (χ4v) is 1.41. The lowest BCUT2D eigenvalue weighted by Gasteiger charge is -2.18. The first kappa shape index (κ1) is 14.4. The predicted molar refractivity (Wildman–Crippen MR) is 69.8 cm³/mol. The summed E-state index contributed by atoms with van der Waals surface area (Å²) in [5.41, 5.74) is 5.64. The Morgan fingerprint density at radius 3 is 2.39 bits per heavy atom. The summed E-state index contributed by atoms with van der Waals surface area (Å²) in [7, 11) is 0. The van der Waals surface area contributed by atoms with Crippen LogP contribution in [0.2, 0.25) is 0 Å². The maximum absolute atomic E-state index is 5.64. The van der Waals surface area contributed by atoms with Gasteiger partial charge in [-0.3, -0.25) is 0 Å². The molecule has 0 atom stereocenters. The van der Waals surface area contributed by atoms with Crippen LogP contribution < -0.4 is 15.4 Å². The molecular weight excluding hydrogens is 234 g/mol. The fourth-order valence-electron chi connectivity index (χ4n) is 1.41. The van der Waals surface area contributed by atoms with E-state index in [0.29, 0.717) is 25.8 Å². The number of hydrogen-bond donors (Lipinski definition) is 1. The molecule has 0 saturated heterocycles. The average Bonchev–Trinajstić information content (AvgIpc) is 2.36. The van der Waals surface area contributed by atoms with E-state index in [0.717, 1.165) is 13.1 Å². The Bertz CT molecular complexity index is 357. The summed E-state index contributed by atoms with van der Waals surface area (Å²) in [6, 6.07) is 0.240. The van der Waals surface area contributed by atoms with Gasteiger partial charge in [0.25, 0.3) is 0 Å². The molecule has 0 bridgehead atoms. The first-order valence-corrected chi connectivity index (χ1v) is 6.18. The Morgan fingerprint density at radius 1 is 1.06 bits per heavy atom. The highest BCUT2D eigenvalue weighted by atomic mass is 16.5. The van der Waals surface area contributed by atoms with Crippen molar-refractivity contribution < 1.29 is 9.47 Å². The minimum Gasteiger partial charge on any atom is -0.461 e. The molecule has 102 valence electrons. The molecule has 0 spiro atoms. The van der Waals surface area contributed by atoms with E-state index >= 15 is 0 Å². The molecule has 1 aromatic heterocycles. The molecule has 1 aromatic rings. The van der Waals surface area contributed by atoms with Gasteiger partial charge in [-0.05, 0) is 20.8 Å². The van der Waals surface area contributed by atoms with Crippen LogP contribution in [0.4, 0.5) is 11.9 Å². The molecule has 0 unspecified atom stereocenters. The Kier molecular flexibility index (Phi) is 6.13. The molecule has 0 aliphatic carbocycles. The number of aromatic nitrogens is 3. The summed E-state index contributed by atoms with van der Waals surface area (Å²) in [5, 5.41) is 0. The molecule has 2 N–H and O–H groups in total. The molecule has 1 heterocycles. The number of anilines is 2. The van der Waals surface area contributed by atoms with Crippen LogP contribution in [0.3, 0.4) is 0 Å². The number of hydrogen-bond acceptors (Lipinski definition) is 7. The normalized spacial score (nSPS) is 10.4. The van der Waals surface area contributed by atoms with Crippen LogP contribution in [-0.2, 0) is 4.74 Å². The second-order valence-electron chi connectivity index (χ2n) is 3.49. The molecule has 7 heteroatoms. The largest absolute Gasteiger partial charge is 0.461 e. The van der Waals surface area contributed by atoms with Crippen molar-refractivity contribution in [2.24, 2.45) is 0 Å². The van der Waals surface area contributed by atoms with Gasteiger partial charge in [0, 0.05) is 19.7 Å². The molecule has 0 aromatic carbocycles. The van der Waals surface area contributed by atoms with Crippen molar-refractivity contribution in [3.63, 3.8) is 0 Å². The van der Waals surface area contributed by atoms with E-state index in [1.807, 2.05) is 25.7 Å². The standard InChI is InChI=1S/C11H21N5O2/c1-4-16(5-2)10-13-9(12)14-11(15-10)18-8-7-17-6-3/h4-8H2,1-3H3,(H2,12,13,14,15). The Labute approximate surface area is 107 Å². The van der Waals surface area contributed by atoms with Gasteiger partial charge in [0.15, 0.2) is 0 Å². The lowest BCUT2D eigenvalue weighted by Crippen LogP contribution is -2.25. The summed E-state index contributed by atoms with van der Waals surface area (Å²) in [6.07, 6.45) is 0. The summed E-state index contributed by atoms with van der Waals surface area (Å²) in [4.78, 5) is 14.2. The summed E-state index contributed by atoms with van der Waals surface area (Å²) < 4.78 is 10.5. The van der Waals surface area contributed by atoms with Crippen molar-refractivity contribution in [2.45, 2.75) is 20.8 Å². The van der Waals surface area contributed by atoms with Crippen molar-refractivity contribution in [3.8, 4) is 6.01 Å². The topological polar surface area (TPSA) is 86.4 Å². The number of rotatable bonds is 8. The zero-order valence-electron chi connectivity index (χ0n) is 11.2.